The van der Waals surface area contributed by atoms with Crippen LogP contribution in [0.2, 0.25) is 0 Å². The van der Waals surface area contributed by atoms with Crippen molar-refractivity contribution < 1.29 is 9.53 Å². The molecule has 4 heteroatoms. The Morgan fingerprint density at radius 1 is 1.40 bits per heavy atom. The largest absolute Gasteiger partial charge is 0.444 e. The lowest BCUT2D eigenvalue weighted by Crippen LogP contribution is -2.36. The molecule has 0 aromatic heterocycles. The molecule has 0 bridgehead atoms. The third-order valence-electron chi connectivity index (χ3n) is 3.82. The van der Waals surface area contributed by atoms with E-state index in [1.54, 1.807) is 0 Å². The molecule has 3 nitrogen and oxygen atoms in total. The molecule has 2 unspecified atom stereocenters. The third kappa shape index (κ3) is 3.35. The second-order valence-electron chi connectivity index (χ2n) is 6.42. The Hall–Kier alpha value is -1.03. The molecule has 110 valence electrons. The molecule has 2 rings (SSSR count). The van der Waals surface area contributed by atoms with Gasteiger partial charge in [-0.2, -0.15) is 0 Å². The molecule has 0 aliphatic heterocycles. The van der Waals surface area contributed by atoms with Gasteiger partial charge in [-0.15, -0.1) is 0 Å². The van der Waals surface area contributed by atoms with E-state index in [2.05, 4.69) is 52.4 Å². The summed E-state index contributed by atoms with van der Waals surface area (Å²) >= 11 is 3.45. The van der Waals surface area contributed by atoms with Crippen LogP contribution in [0.4, 0.5) is 4.79 Å². The van der Waals surface area contributed by atoms with Crippen LogP contribution in [0.5, 0.6) is 0 Å². The predicted octanol–water partition coefficient (Wildman–Crippen LogP) is 4.39. The minimum Gasteiger partial charge on any atom is -0.444 e. The first kappa shape index (κ1) is 15.4. The maximum Gasteiger partial charge on any atom is 0.407 e. The fraction of sp³-hybridized carbons (Fsp3) is 0.562. The number of rotatable bonds is 3. The van der Waals surface area contributed by atoms with Gasteiger partial charge >= 0.3 is 6.09 Å². The molecule has 1 aliphatic carbocycles. The van der Waals surface area contributed by atoms with Crippen molar-refractivity contribution in [2.75, 3.05) is 0 Å². The maximum atomic E-state index is 11.9. The zero-order chi connectivity index (χ0) is 15.0. The van der Waals surface area contributed by atoms with E-state index in [9.17, 15) is 4.79 Å². The standard InChI is InChI=1S/C16H22BrNO2/c1-5-16(11-6-8-12(17)9-7-11)10-13(16)18-14(19)20-15(2,3)4/h6-9,13H,5,10H2,1-4H3,(H,18,19). The second kappa shape index (κ2) is 5.40. The van der Waals surface area contributed by atoms with E-state index in [0.29, 0.717) is 0 Å². The number of ether oxygens (including phenoxy) is 1. The fourth-order valence-corrected chi connectivity index (χ4v) is 2.90. The quantitative estimate of drug-likeness (QED) is 0.886. The van der Waals surface area contributed by atoms with Gasteiger partial charge in [0.25, 0.3) is 0 Å². The molecular weight excluding hydrogens is 318 g/mol. The first-order chi connectivity index (χ1) is 9.27. The number of carbonyl (C=O) groups excluding carboxylic acids is 1. The van der Waals surface area contributed by atoms with Gasteiger partial charge in [0.2, 0.25) is 0 Å². The van der Waals surface area contributed by atoms with Gasteiger partial charge in [-0.3, -0.25) is 0 Å². The van der Waals surface area contributed by atoms with Crippen LogP contribution >= 0.6 is 15.9 Å². The zero-order valence-electron chi connectivity index (χ0n) is 12.5. The van der Waals surface area contributed by atoms with Crippen molar-refractivity contribution in [1.82, 2.24) is 5.32 Å². The van der Waals surface area contributed by atoms with Gasteiger partial charge in [0.05, 0.1) is 0 Å². The van der Waals surface area contributed by atoms with E-state index in [0.717, 1.165) is 17.3 Å². The van der Waals surface area contributed by atoms with E-state index in [1.165, 1.54) is 5.56 Å². The van der Waals surface area contributed by atoms with E-state index in [4.69, 9.17) is 4.74 Å². The smallest absolute Gasteiger partial charge is 0.407 e. The van der Waals surface area contributed by atoms with Gasteiger partial charge in [-0.1, -0.05) is 35.0 Å². The van der Waals surface area contributed by atoms with Crippen LogP contribution in [0, 0.1) is 0 Å². The molecule has 1 amide bonds. The molecular formula is C16H22BrNO2. The Balaban J connectivity index is 2.03. The summed E-state index contributed by atoms with van der Waals surface area (Å²) in [7, 11) is 0. The highest BCUT2D eigenvalue weighted by molar-refractivity contribution is 9.10. The summed E-state index contributed by atoms with van der Waals surface area (Å²) in [4.78, 5) is 11.9. The lowest BCUT2D eigenvalue weighted by molar-refractivity contribution is 0.0519. The Morgan fingerprint density at radius 3 is 2.50 bits per heavy atom. The normalized spacial score (nSPS) is 25.1. The van der Waals surface area contributed by atoms with Crippen molar-refractivity contribution in [3.05, 3.63) is 34.3 Å². The molecule has 0 heterocycles. The van der Waals surface area contributed by atoms with Crippen LogP contribution < -0.4 is 5.32 Å². The first-order valence-electron chi connectivity index (χ1n) is 7.02. The average molecular weight is 340 g/mol. The van der Waals surface area contributed by atoms with Gasteiger partial charge in [0, 0.05) is 15.9 Å². The number of nitrogens with one attached hydrogen (secondary N) is 1. The molecule has 2 atom stereocenters. The van der Waals surface area contributed by atoms with Crippen molar-refractivity contribution in [3.63, 3.8) is 0 Å². The summed E-state index contributed by atoms with van der Waals surface area (Å²) in [5.41, 5.74) is 0.896. The topological polar surface area (TPSA) is 38.3 Å². The Morgan fingerprint density at radius 2 is 2.00 bits per heavy atom. The Kier molecular flexibility index (Phi) is 4.14. The minimum absolute atomic E-state index is 0.0671. The van der Waals surface area contributed by atoms with Crippen LogP contribution in [0.15, 0.2) is 28.7 Å². The highest BCUT2D eigenvalue weighted by Crippen LogP contribution is 2.51. The van der Waals surface area contributed by atoms with Crippen molar-refractivity contribution in [3.8, 4) is 0 Å². The molecule has 1 aromatic carbocycles. The van der Waals surface area contributed by atoms with Crippen molar-refractivity contribution in [1.29, 1.82) is 0 Å². The second-order valence-corrected chi connectivity index (χ2v) is 7.34. The van der Waals surface area contributed by atoms with E-state index in [1.807, 2.05) is 20.8 Å². The van der Waals surface area contributed by atoms with Gasteiger partial charge < -0.3 is 10.1 Å². The molecule has 1 fully saturated rings. The van der Waals surface area contributed by atoms with Crippen LogP contribution in [0.1, 0.15) is 46.1 Å². The Labute approximate surface area is 129 Å². The van der Waals surface area contributed by atoms with E-state index in [-0.39, 0.29) is 17.6 Å². The average Bonchev–Trinajstić information content (AvgIpc) is 3.02. The third-order valence-corrected chi connectivity index (χ3v) is 4.34. The van der Waals surface area contributed by atoms with Crippen LogP contribution in [0.25, 0.3) is 0 Å². The van der Waals surface area contributed by atoms with Crippen molar-refractivity contribution >= 4 is 22.0 Å². The molecule has 1 aliphatic rings. The monoisotopic (exact) mass is 339 g/mol. The van der Waals surface area contributed by atoms with E-state index < -0.39 is 5.60 Å². The summed E-state index contributed by atoms with van der Waals surface area (Å²) in [6.07, 6.45) is 1.66. The van der Waals surface area contributed by atoms with Crippen LogP contribution in [-0.2, 0) is 10.2 Å². The number of hydrogen-bond acceptors (Lipinski definition) is 2. The fourth-order valence-electron chi connectivity index (χ4n) is 2.64. The molecule has 0 saturated heterocycles. The molecule has 1 N–H and O–H groups in total. The van der Waals surface area contributed by atoms with Gasteiger partial charge in [-0.05, 0) is 51.3 Å². The SMILES string of the molecule is CCC1(c2ccc(Br)cc2)CC1NC(=O)OC(C)(C)C. The summed E-state index contributed by atoms with van der Waals surface area (Å²) in [6.45, 7) is 7.79. The van der Waals surface area contributed by atoms with Crippen molar-refractivity contribution in [2.45, 2.75) is 57.6 Å². The molecule has 0 radical (unpaired) electrons. The number of benzene rings is 1. The maximum absolute atomic E-state index is 11.9. The number of carbonyl (C=O) groups is 1. The van der Waals surface area contributed by atoms with E-state index >= 15 is 0 Å². The highest BCUT2D eigenvalue weighted by atomic mass is 79.9. The lowest BCUT2D eigenvalue weighted by atomic mass is 9.92. The van der Waals surface area contributed by atoms with Crippen LogP contribution in [0.3, 0.4) is 0 Å². The van der Waals surface area contributed by atoms with Crippen molar-refractivity contribution in [2.24, 2.45) is 0 Å². The number of alkyl carbamates (subject to hydrolysis) is 1. The predicted molar refractivity (Wildman–Crippen MR) is 83.9 cm³/mol. The summed E-state index contributed by atoms with van der Waals surface area (Å²) in [5.74, 6) is 0. The molecule has 20 heavy (non-hydrogen) atoms. The molecule has 1 aromatic rings. The van der Waals surface area contributed by atoms with Gasteiger partial charge in [-0.25, -0.2) is 4.79 Å². The van der Waals surface area contributed by atoms with Crippen LogP contribution in [-0.4, -0.2) is 17.7 Å². The summed E-state index contributed by atoms with van der Waals surface area (Å²) in [5, 5.41) is 2.99. The van der Waals surface area contributed by atoms with Gasteiger partial charge in [0.15, 0.2) is 0 Å². The number of halogens is 1. The lowest BCUT2D eigenvalue weighted by Gasteiger charge is -2.21. The first-order valence-corrected chi connectivity index (χ1v) is 7.82. The minimum atomic E-state index is -0.453. The molecule has 1 saturated carbocycles. The number of amides is 1. The summed E-state index contributed by atoms with van der Waals surface area (Å²) in [6, 6.07) is 8.53. The highest BCUT2D eigenvalue weighted by Gasteiger charge is 2.55. The Bertz CT molecular complexity index is 492. The van der Waals surface area contributed by atoms with Gasteiger partial charge in [0.1, 0.15) is 5.60 Å². The number of hydrogen-bond donors (Lipinski definition) is 1. The molecule has 0 spiro atoms. The summed E-state index contributed by atoms with van der Waals surface area (Å²) < 4.78 is 6.40. The zero-order valence-corrected chi connectivity index (χ0v) is 14.1.